The van der Waals surface area contributed by atoms with E-state index in [-0.39, 0.29) is 5.91 Å². The Labute approximate surface area is 154 Å². The molecular formula is C19H17N5OS. The molecule has 7 heteroatoms. The number of fused-ring (bicyclic) bond motifs is 1. The molecule has 3 heterocycles. The predicted molar refractivity (Wildman–Crippen MR) is 102 cm³/mol. The van der Waals surface area contributed by atoms with Gasteiger partial charge >= 0.3 is 0 Å². The highest BCUT2D eigenvalue weighted by Crippen LogP contribution is 2.20. The molecular weight excluding hydrogens is 346 g/mol. The smallest absolute Gasteiger partial charge is 0.270 e. The molecule has 0 radical (unpaired) electrons. The molecule has 0 saturated heterocycles. The van der Waals surface area contributed by atoms with E-state index in [1.807, 2.05) is 47.8 Å². The second-order valence-electron chi connectivity index (χ2n) is 5.84. The number of pyridine rings is 1. The first-order valence-electron chi connectivity index (χ1n) is 8.28. The van der Waals surface area contributed by atoms with Crippen LogP contribution in [-0.2, 0) is 13.5 Å². The molecule has 130 valence electrons. The number of benzene rings is 1. The Morgan fingerprint density at radius 1 is 1.15 bits per heavy atom. The Morgan fingerprint density at radius 3 is 2.85 bits per heavy atom. The van der Waals surface area contributed by atoms with Crippen LogP contribution in [0.5, 0.6) is 0 Å². The van der Waals surface area contributed by atoms with Crippen molar-refractivity contribution in [2.75, 3.05) is 6.54 Å². The Bertz CT molecular complexity index is 1050. The number of nitrogens with one attached hydrogen (secondary N) is 1. The highest BCUT2D eigenvalue weighted by Gasteiger charge is 2.16. The summed E-state index contributed by atoms with van der Waals surface area (Å²) in [6.45, 7) is 0.521. The van der Waals surface area contributed by atoms with Crippen LogP contribution in [0.2, 0.25) is 0 Å². The monoisotopic (exact) mass is 363 g/mol. The summed E-state index contributed by atoms with van der Waals surface area (Å²) in [6.07, 6.45) is 2.44. The zero-order chi connectivity index (χ0) is 17.9. The van der Waals surface area contributed by atoms with E-state index in [1.54, 1.807) is 29.3 Å². The molecule has 1 N–H and O–H groups in total. The molecule has 0 unspecified atom stereocenters. The molecule has 0 saturated carbocycles. The van der Waals surface area contributed by atoms with Gasteiger partial charge in [0.15, 0.2) is 0 Å². The summed E-state index contributed by atoms with van der Waals surface area (Å²) in [5.41, 5.74) is 3.13. The van der Waals surface area contributed by atoms with Crippen molar-refractivity contribution < 1.29 is 4.79 Å². The largest absolute Gasteiger partial charge is 0.350 e. The minimum Gasteiger partial charge on any atom is -0.350 e. The van der Waals surface area contributed by atoms with Gasteiger partial charge in [0.1, 0.15) is 5.69 Å². The van der Waals surface area contributed by atoms with Gasteiger partial charge in [-0.1, -0.05) is 24.3 Å². The summed E-state index contributed by atoms with van der Waals surface area (Å²) < 4.78 is 1.63. The number of aryl methyl sites for hydroxylation is 1. The van der Waals surface area contributed by atoms with Gasteiger partial charge in [0.25, 0.3) is 5.91 Å². The molecule has 6 nitrogen and oxygen atoms in total. The fourth-order valence-corrected chi connectivity index (χ4v) is 3.63. The average Bonchev–Trinajstić information content (AvgIpc) is 3.26. The van der Waals surface area contributed by atoms with E-state index in [0.29, 0.717) is 18.7 Å². The third-order valence-corrected chi connectivity index (χ3v) is 4.97. The van der Waals surface area contributed by atoms with Gasteiger partial charge in [-0.2, -0.15) is 5.10 Å². The lowest BCUT2D eigenvalue weighted by molar-refractivity contribution is 0.0946. The van der Waals surface area contributed by atoms with E-state index < -0.39 is 0 Å². The molecule has 1 amide bonds. The van der Waals surface area contributed by atoms with Crippen molar-refractivity contribution in [2.45, 2.75) is 6.42 Å². The van der Waals surface area contributed by atoms with Crippen molar-refractivity contribution >= 4 is 28.1 Å². The van der Waals surface area contributed by atoms with E-state index in [1.165, 1.54) is 0 Å². The zero-order valence-corrected chi connectivity index (χ0v) is 15.0. The van der Waals surface area contributed by atoms with E-state index in [9.17, 15) is 4.79 Å². The quantitative estimate of drug-likeness (QED) is 0.591. The van der Waals surface area contributed by atoms with Crippen LogP contribution in [0.4, 0.5) is 0 Å². The molecule has 0 aliphatic rings. The van der Waals surface area contributed by atoms with E-state index in [0.717, 1.165) is 27.3 Å². The van der Waals surface area contributed by atoms with Gasteiger partial charge in [-0.05, 0) is 18.2 Å². The number of thiazole rings is 1. The number of carbonyl (C=O) groups is 1. The number of amides is 1. The summed E-state index contributed by atoms with van der Waals surface area (Å²) in [4.78, 5) is 21.5. The Morgan fingerprint density at radius 2 is 2.00 bits per heavy atom. The third-order valence-electron chi connectivity index (χ3n) is 4.06. The van der Waals surface area contributed by atoms with Gasteiger partial charge in [-0.25, -0.2) is 4.98 Å². The first-order valence-corrected chi connectivity index (χ1v) is 9.16. The van der Waals surface area contributed by atoms with E-state index in [4.69, 9.17) is 0 Å². The Kier molecular flexibility index (Phi) is 4.45. The molecule has 0 bridgehead atoms. The number of aromatic nitrogens is 4. The maximum Gasteiger partial charge on any atom is 0.270 e. The minimum absolute atomic E-state index is 0.122. The summed E-state index contributed by atoms with van der Waals surface area (Å²) in [6, 6.07) is 13.4. The summed E-state index contributed by atoms with van der Waals surface area (Å²) in [5.74, 6) is -0.122. The Hall–Kier alpha value is -3.06. The summed E-state index contributed by atoms with van der Waals surface area (Å²) in [5, 5.41) is 11.2. The van der Waals surface area contributed by atoms with Gasteiger partial charge in [0, 0.05) is 37.0 Å². The molecule has 3 aromatic heterocycles. The van der Waals surface area contributed by atoms with Crippen molar-refractivity contribution in [3.05, 3.63) is 64.7 Å². The number of rotatable bonds is 5. The lowest BCUT2D eigenvalue weighted by atomic mass is 10.2. The van der Waals surface area contributed by atoms with Crippen LogP contribution in [0.3, 0.4) is 0 Å². The normalized spacial score (nSPS) is 11.0. The number of hydrogen-bond acceptors (Lipinski definition) is 5. The molecule has 0 fully saturated rings. The first-order chi connectivity index (χ1) is 12.7. The standard InChI is InChI=1S/C19H17N5OS/c1-24-18(13-6-2-3-7-14(13)23-24)19(25)21-11-9-17-22-16(12-26-17)15-8-4-5-10-20-15/h2-8,10,12H,9,11H2,1H3,(H,21,25). The van der Waals surface area contributed by atoms with Gasteiger partial charge in [-0.3, -0.25) is 14.5 Å². The van der Waals surface area contributed by atoms with Crippen molar-refractivity contribution in [3.8, 4) is 11.4 Å². The van der Waals surface area contributed by atoms with E-state index >= 15 is 0 Å². The molecule has 4 aromatic rings. The van der Waals surface area contributed by atoms with Crippen LogP contribution < -0.4 is 5.32 Å². The highest BCUT2D eigenvalue weighted by molar-refractivity contribution is 7.09. The van der Waals surface area contributed by atoms with Crippen LogP contribution in [0.15, 0.2) is 54.0 Å². The van der Waals surface area contributed by atoms with Gasteiger partial charge in [0.2, 0.25) is 0 Å². The first kappa shape index (κ1) is 16.4. The fourth-order valence-electron chi connectivity index (χ4n) is 2.84. The SMILES string of the molecule is Cn1nc2ccccc2c1C(=O)NCCc1nc(-c2ccccn2)cs1. The van der Waals surface area contributed by atoms with Crippen molar-refractivity contribution in [3.63, 3.8) is 0 Å². The zero-order valence-electron chi connectivity index (χ0n) is 14.2. The molecule has 4 rings (SSSR count). The van der Waals surface area contributed by atoms with Crippen LogP contribution in [0.25, 0.3) is 22.3 Å². The average molecular weight is 363 g/mol. The second kappa shape index (κ2) is 7.05. The van der Waals surface area contributed by atoms with Crippen LogP contribution in [0, 0.1) is 0 Å². The van der Waals surface area contributed by atoms with Gasteiger partial charge < -0.3 is 5.32 Å². The fraction of sp³-hybridized carbons (Fsp3) is 0.158. The summed E-state index contributed by atoms with van der Waals surface area (Å²) >= 11 is 1.58. The second-order valence-corrected chi connectivity index (χ2v) is 6.78. The van der Waals surface area contributed by atoms with Crippen LogP contribution >= 0.6 is 11.3 Å². The van der Waals surface area contributed by atoms with Crippen LogP contribution in [-0.4, -0.2) is 32.2 Å². The Balaban J connectivity index is 1.41. The molecule has 26 heavy (non-hydrogen) atoms. The molecule has 0 aliphatic carbocycles. The maximum absolute atomic E-state index is 12.6. The predicted octanol–water partition coefficient (Wildman–Crippen LogP) is 3.06. The highest BCUT2D eigenvalue weighted by atomic mass is 32.1. The van der Waals surface area contributed by atoms with Crippen molar-refractivity contribution in [1.82, 2.24) is 25.1 Å². The van der Waals surface area contributed by atoms with Crippen LogP contribution in [0.1, 0.15) is 15.5 Å². The van der Waals surface area contributed by atoms with Gasteiger partial charge in [-0.15, -0.1) is 11.3 Å². The minimum atomic E-state index is -0.122. The molecule has 1 aromatic carbocycles. The van der Waals surface area contributed by atoms with Gasteiger partial charge in [0.05, 0.1) is 21.9 Å². The van der Waals surface area contributed by atoms with Crippen molar-refractivity contribution in [1.29, 1.82) is 0 Å². The number of nitrogens with zero attached hydrogens (tertiary/aromatic N) is 4. The van der Waals surface area contributed by atoms with E-state index in [2.05, 4.69) is 20.4 Å². The molecule has 0 atom stereocenters. The topological polar surface area (TPSA) is 72.7 Å². The molecule has 0 aliphatic heterocycles. The number of hydrogen-bond donors (Lipinski definition) is 1. The molecule has 0 spiro atoms. The summed E-state index contributed by atoms with van der Waals surface area (Å²) in [7, 11) is 1.79. The lowest BCUT2D eigenvalue weighted by Crippen LogP contribution is -2.27. The number of carbonyl (C=O) groups excluding carboxylic acids is 1. The third kappa shape index (κ3) is 3.21. The van der Waals surface area contributed by atoms with Crippen molar-refractivity contribution in [2.24, 2.45) is 7.05 Å². The maximum atomic E-state index is 12.6. The lowest BCUT2D eigenvalue weighted by Gasteiger charge is -2.04.